The van der Waals surface area contributed by atoms with Gasteiger partial charge in [0.2, 0.25) is 5.91 Å². The Bertz CT molecular complexity index is 634. The van der Waals surface area contributed by atoms with E-state index in [-0.39, 0.29) is 29.8 Å². The molecular formula is C17H21FN2O3. The van der Waals surface area contributed by atoms with Crippen molar-refractivity contribution in [3.8, 4) is 0 Å². The third kappa shape index (κ3) is 3.52. The van der Waals surface area contributed by atoms with Crippen molar-refractivity contribution < 1.29 is 19.1 Å². The summed E-state index contributed by atoms with van der Waals surface area (Å²) in [4.78, 5) is 26.3. The third-order valence-electron chi connectivity index (χ3n) is 4.60. The lowest BCUT2D eigenvalue weighted by molar-refractivity contribution is -0.117. The first-order valence-corrected chi connectivity index (χ1v) is 8.03. The van der Waals surface area contributed by atoms with Gasteiger partial charge in [-0.3, -0.25) is 9.59 Å². The van der Waals surface area contributed by atoms with Crippen molar-refractivity contribution in [3.05, 3.63) is 29.6 Å². The fourth-order valence-corrected chi connectivity index (χ4v) is 3.02. The lowest BCUT2D eigenvalue weighted by Gasteiger charge is -2.30. The van der Waals surface area contributed by atoms with Crippen LogP contribution in [0.5, 0.6) is 0 Å². The number of aliphatic hydroxyl groups is 1. The smallest absolute Gasteiger partial charge is 0.256 e. The number of rotatable bonds is 3. The Balaban J connectivity index is 1.80. The van der Waals surface area contributed by atoms with Gasteiger partial charge in [0.25, 0.3) is 5.91 Å². The number of anilines is 1. The number of likely N-dealkylation sites (tertiary alicyclic amines) is 1. The number of halogens is 1. The van der Waals surface area contributed by atoms with Gasteiger partial charge in [-0.2, -0.15) is 0 Å². The maximum absolute atomic E-state index is 13.6. The number of aliphatic hydroxyl groups excluding tert-OH is 1. The second kappa shape index (κ2) is 6.28. The zero-order valence-corrected chi connectivity index (χ0v) is 13.1. The average Bonchev–Trinajstić information content (AvgIpc) is 3.25. The third-order valence-corrected chi connectivity index (χ3v) is 4.60. The molecule has 1 heterocycles. The van der Waals surface area contributed by atoms with Gasteiger partial charge in [0, 0.05) is 19.0 Å². The van der Waals surface area contributed by atoms with E-state index in [0.29, 0.717) is 31.0 Å². The standard InChI is InChI=1S/C17H21FN2O3/c1-10-7-13(10)16(22)19-15-5-4-11(18)8-14(15)17(23)20-6-2-3-12(21)9-20/h4-5,8,10,12-13,21H,2-3,6-7,9H2,1H3,(H,19,22). The summed E-state index contributed by atoms with van der Waals surface area (Å²) < 4.78 is 13.6. The fourth-order valence-electron chi connectivity index (χ4n) is 3.02. The minimum atomic E-state index is -0.549. The van der Waals surface area contributed by atoms with Gasteiger partial charge in [-0.05, 0) is 43.4 Å². The first kappa shape index (κ1) is 15.9. The van der Waals surface area contributed by atoms with Crippen LogP contribution in [0.2, 0.25) is 0 Å². The molecule has 1 aliphatic carbocycles. The van der Waals surface area contributed by atoms with Gasteiger partial charge in [-0.1, -0.05) is 6.92 Å². The van der Waals surface area contributed by atoms with E-state index >= 15 is 0 Å². The number of piperidine rings is 1. The quantitative estimate of drug-likeness (QED) is 0.895. The fraction of sp³-hybridized carbons (Fsp3) is 0.529. The molecule has 23 heavy (non-hydrogen) atoms. The molecule has 2 fully saturated rings. The number of nitrogens with one attached hydrogen (secondary N) is 1. The minimum absolute atomic E-state index is 0.0279. The zero-order valence-electron chi connectivity index (χ0n) is 13.1. The van der Waals surface area contributed by atoms with Gasteiger partial charge in [0.05, 0.1) is 17.4 Å². The molecule has 0 aromatic heterocycles. The van der Waals surface area contributed by atoms with Crippen molar-refractivity contribution in [1.82, 2.24) is 4.90 Å². The normalized spacial score (nSPS) is 26.7. The van der Waals surface area contributed by atoms with Crippen LogP contribution in [-0.2, 0) is 4.79 Å². The molecule has 6 heteroatoms. The Morgan fingerprint density at radius 2 is 2.13 bits per heavy atom. The zero-order chi connectivity index (χ0) is 16.6. The highest BCUT2D eigenvalue weighted by Gasteiger charge is 2.39. The maximum Gasteiger partial charge on any atom is 0.256 e. The molecular weight excluding hydrogens is 299 g/mol. The lowest BCUT2D eigenvalue weighted by atomic mass is 10.1. The van der Waals surface area contributed by atoms with E-state index in [9.17, 15) is 19.1 Å². The Kier molecular flexibility index (Phi) is 4.35. The van der Waals surface area contributed by atoms with E-state index in [1.807, 2.05) is 6.92 Å². The van der Waals surface area contributed by atoms with E-state index in [0.717, 1.165) is 12.5 Å². The van der Waals surface area contributed by atoms with Crippen molar-refractivity contribution in [3.63, 3.8) is 0 Å². The average molecular weight is 320 g/mol. The number of amides is 2. The number of β-amino-alcohol motifs (C(OH)–C–C–N with tert-alkyl or cyclic N) is 1. The van der Waals surface area contributed by atoms with Gasteiger partial charge in [0.1, 0.15) is 5.82 Å². The first-order chi connectivity index (χ1) is 11.0. The number of carbonyl (C=O) groups excluding carboxylic acids is 2. The molecule has 1 aromatic rings. The van der Waals surface area contributed by atoms with Crippen LogP contribution >= 0.6 is 0 Å². The lowest BCUT2D eigenvalue weighted by Crippen LogP contribution is -2.42. The summed E-state index contributed by atoms with van der Waals surface area (Å²) in [5, 5.41) is 12.5. The number of benzene rings is 1. The molecule has 0 radical (unpaired) electrons. The van der Waals surface area contributed by atoms with Crippen molar-refractivity contribution in [2.75, 3.05) is 18.4 Å². The Hall–Kier alpha value is -1.95. The molecule has 0 spiro atoms. The SMILES string of the molecule is CC1CC1C(=O)Nc1ccc(F)cc1C(=O)N1CCCC(O)C1. The van der Waals surface area contributed by atoms with Gasteiger partial charge in [-0.15, -0.1) is 0 Å². The second-order valence-corrected chi connectivity index (χ2v) is 6.55. The van der Waals surface area contributed by atoms with Crippen LogP contribution in [0.15, 0.2) is 18.2 Å². The molecule has 124 valence electrons. The van der Waals surface area contributed by atoms with Crippen molar-refractivity contribution in [2.24, 2.45) is 11.8 Å². The highest BCUT2D eigenvalue weighted by atomic mass is 19.1. The van der Waals surface area contributed by atoms with E-state index in [1.165, 1.54) is 17.0 Å². The molecule has 5 nitrogen and oxygen atoms in total. The molecule has 2 aliphatic rings. The summed E-state index contributed by atoms with van der Waals surface area (Å²) in [6, 6.07) is 3.80. The van der Waals surface area contributed by atoms with Gasteiger partial charge in [0.15, 0.2) is 0 Å². The molecule has 1 saturated carbocycles. The highest BCUT2D eigenvalue weighted by Crippen LogP contribution is 2.38. The number of hydrogen-bond acceptors (Lipinski definition) is 3. The van der Waals surface area contributed by atoms with Crippen molar-refractivity contribution in [2.45, 2.75) is 32.3 Å². The van der Waals surface area contributed by atoms with Crippen LogP contribution in [0, 0.1) is 17.7 Å². The molecule has 3 atom stereocenters. The van der Waals surface area contributed by atoms with Crippen molar-refractivity contribution in [1.29, 1.82) is 0 Å². The summed E-state index contributed by atoms with van der Waals surface area (Å²) in [5.41, 5.74) is 0.473. The van der Waals surface area contributed by atoms with Crippen LogP contribution in [0.25, 0.3) is 0 Å². The molecule has 3 rings (SSSR count). The van der Waals surface area contributed by atoms with E-state index in [4.69, 9.17) is 0 Å². The molecule has 2 N–H and O–H groups in total. The minimum Gasteiger partial charge on any atom is -0.391 e. The Labute approximate surface area is 134 Å². The van der Waals surface area contributed by atoms with Gasteiger partial charge >= 0.3 is 0 Å². The van der Waals surface area contributed by atoms with E-state index in [1.54, 1.807) is 0 Å². The van der Waals surface area contributed by atoms with Crippen LogP contribution in [0.1, 0.15) is 36.5 Å². The highest BCUT2D eigenvalue weighted by molar-refractivity contribution is 6.04. The monoisotopic (exact) mass is 320 g/mol. The molecule has 3 unspecified atom stereocenters. The predicted octanol–water partition coefficient (Wildman–Crippen LogP) is 2.02. The molecule has 1 aliphatic heterocycles. The van der Waals surface area contributed by atoms with E-state index in [2.05, 4.69) is 5.32 Å². The first-order valence-electron chi connectivity index (χ1n) is 8.03. The number of nitrogens with zero attached hydrogens (tertiary/aromatic N) is 1. The summed E-state index contributed by atoms with van der Waals surface area (Å²) >= 11 is 0. The van der Waals surface area contributed by atoms with E-state index < -0.39 is 11.9 Å². The number of hydrogen-bond donors (Lipinski definition) is 2. The maximum atomic E-state index is 13.6. The number of carbonyl (C=O) groups is 2. The molecule has 2 amide bonds. The topological polar surface area (TPSA) is 69.6 Å². The van der Waals surface area contributed by atoms with Gasteiger partial charge in [-0.25, -0.2) is 4.39 Å². The second-order valence-electron chi connectivity index (χ2n) is 6.55. The Morgan fingerprint density at radius 1 is 1.39 bits per heavy atom. The van der Waals surface area contributed by atoms with Gasteiger partial charge < -0.3 is 15.3 Å². The van der Waals surface area contributed by atoms with Crippen LogP contribution < -0.4 is 5.32 Å². The Morgan fingerprint density at radius 3 is 2.78 bits per heavy atom. The largest absolute Gasteiger partial charge is 0.391 e. The molecule has 0 bridgehead atoms. The van der Waals surface area contributed by atoms with Crippen molar-refractivity contribution >= 4 is 17.5 Å². The van der Waals surface area contributed by atoms with Crippen LogP contribution in [-0.4, -0.2) is 41.0 Å². The van der Waals surface area contributed by atoms with Crippen LogP contribution in [0.3, 0.4) is 0 Å². The summed E-state index contributed by atoms with van der Waals surface area (Å²) in [5.74, 6) is -0.686. The summed E-state index contributed by atoms with van der Waals surface area (Å²) in [6.45, 7) is 2.76. The summed E-state index contributed by atoms with van der Waals surface area (Å²) in [6.07, 6.45) is 1.67. The summed E-state index contributed by atoms with van der Waals surface area (Å²) in [7, 11) is 0. The molecule has 1 aromatic carbocycles. The molecule has 1 saturated heterocycles. The predicted molar refractivity (Wildman–Crippen MR) is 83.4 cm³/mol. The van der Waals surface area contributed by atoms with Crippen LogP contribution in [0.4, 0.5) is 10.1 Å².